The molecule has 0 saturated carbocycles. The van der Waals surface area contributed by atoms with Crippen LogP contribution in [0.4, 0.5) is 5.69 Å². The maximum atomic E-state index is 12.0. The Kier molecular flexibility index (Phi) is 4.80. The Morgan fingerprint density at radius 2 is 2.42 bits per heavy atom. The highest BCUT2D eigenvalue weighted by Crippen LogP contribution is 2.22. The monoisotopic (exact) mass is 279 g/mol. The predicted octanol–water partition coefficient (Wildman–Crippen LogP) is 1.80. The zero-order valence-electron chi connectivity index (χ0n) is 10.3. The highest BCUT2D eigenvalue weighted by atomic mass is 35.5. The summed E-state index contributed by atoms with van der Waals surface area (Å²) >= 11 is 5.91. The second-order valence-electron chi connectivity index (χ2n) is 4.14. The van der Waals surface area contributed by atoms with E-state index in [0.29, 0.717) is 22.9 Å². The average molecular weight is 280 g/mol. The quantitative estimate of drug-likeness (QED) is 0.812. The summed E-state index contributed by atoms with van der Waals surface area (Å²) in [5.41, 5.74) is 1.15. The first-order valence-corrected chi connectivity index (χ1v) is 6.40. The second kappa shape index (κ2) is 6.58. The summed E-state index contributed by atoms with van der Waals surface area (Å²) < 4.78 is 5.32. The fourth-order valence-electron chi connectivity index (χ4n) is 1.86. The summed E-state index contributed by atoms with van der Waals surface area (Å²) in [4.78, 5) is 12.0. The number of hydrogen-bond donors (Lipinski definition) is 2. The van der Waals surface area contributed by atoms with Gasteiger partial charge in [-0.3, -0.25) is 4.79 Å². The zero-order valence-corrected chi connectivity index (χ0v) is 11.0. The van der Waals surface area contributed by atoms with Crippen LogP contribution >= 0.6 is 11.6 Å². The van der Waals surface area contributed by atoms with Crippen LogP contribution in [-0.2, 0) is 9.53 Å². The van der Waals surface area contributed by atoms with Gasteiger partial charge >= 0.3 is 0 Å². The molecule has 1 aliphatic heterocycles. The molecule has 4 nitrogen and oxygen atoms in total. The van der Waals surface area contributed by atoms with Crippen LogP contribution in [-0.4, -0.2) is 30.3 Å². The number of benzene rings is 1. The molecule has 5 heteroatoms. The minimum atomic E-state index is -0.405. The molecular formula is C14H14ClNO3. The molecule has 1 heterocycles. The van der Waals surface area contributed by atoms with Crippen molar-refractivity contribution in [2.45, 2.75) is 18.9 Å². The molecule has 1 amide bonds. The van der Waals surface area contributed by atoms with Gasteiger partial charge in [-0.15, -0.1) is 0 Å². The predicted molar refractivity (Wildman–Crippen MR) is 73.0 cm³/mol. The van der Waals surface area contributed by atoms with Crippen LogP contribution < -0.4 is 5.32 Å². The number of hydrogen-bond acceptors (Lipinski definition) is 3. The van der Waals surface area contributed by atoms with Gasteiger partial charge in [0.15, 0.2) is 0 Å². The Morgan fingerprint density at radius 3 is 3.11 bits per heavy atom. The highest BCUT2D eigenvalue weighted by Gasteiger charge is 2.24. The highest BCUT2D eigenvalue weighted by molar-refractivity contribution is 6.31. The van der Waals surface area contributed by atoms with E-state index in [0.717, 1.165) is 12.8 Å². The summed E-state index contributed by atoms with van der Waals surface area (Å²) in [7, 11) is 0. The number of aliphatic hydroxyl groups excluding tert-OH is 1. The molecule has 1 aromatic carbocycles. The molecule has 1 unspecified atom stereocenters. The van der Waals surface area contributed by atoms with E-state index in [-0.39, 0.29) is 12.5 Å². The second-order valence-corrected chi connectivity index (χ2v) is 4.58. The third-order valence-electron chi connectivity index (χ3n) is 2.76. The van der Waals surface area contributed by atoms with Crippen molar-refractivity contribution in [2.24, 2.45) is 0 Å². The van der Waals surface area contributed by atoms with Crippen molar-refractivity contribution >= 4 is 23.2 Å². The van der Waals surface area contributed by atoms with E-state index >= 15 is 0 Å². The summed E-state index contributed by atoms with van der Waals surface area (Å²) in [6, 6.07) is 5.02. The maximum Gasteiger partial charge on any atom is 0.253 e. The van der Waals surface area contributed by atoms with Crippen molar-refractivity contribution in [1.82, 2.24) is 0 Å². The third kappa shape index (κ3) is 3.71. The molecule has 2 N–H and O–H groups in total. The van der Waals surface area contributed by atoms with E-state index in [4.69, 9.17) is 21.4 Å². The number of rotatable bonds is 2. The Hall–Kier alpha value is -1.54. The molecule has 1 saturated heterocycles. The van der Waals surface area contributed by atoms with Gasteiger partial charge in [0.2, 0.25) is 0 Å². The molecule has 100 valence electrons. The molecule has 1 aliphatic rings. The normalized spacial score (nSPS) is 17.7. The van der Waals surface area contributed by atoms with Crippen LogP contribution in [0.2, 0.25) is 5.02 Å². The van der Waals surface area contributed by atoms with Crippen molar-refractivity contribution in [3.05, 3.63) is 28.8 Å². The largest absolute Gasteiger partial charge is 0.384 e. The first-order valence-electron chi connectivity index (χ1n) is 6.02. The zero-order chi connectivity index (χ0) is 13.7. The van der Waals surface area contributed by atoms with E-state index < -0.39 is 6.10 Å². The van der Waals surface area contributed by atoms with Gasteiger partial charge in [0, 0.05) is 17.2 Å². The van der Waals surface area contributed by atoms with Gasteiger partial charge in [-0.2, -0.15) is 0 Å². The number of carbonyl (C=O) groups excluding carboxylic acids is 1. The number of halogens is 1. The Balaban J connectivity index is 2.17. The molecule has 0 aromatic heterocycles. The molecule has 1 atom stereocenters. The standard InChI is InChI=1S/C14H14ClNO3/c15-11-6-5-10(3-1-7-17)12(9-11)16-14(18)13-4-2-8-19-13/h5-6,9,13,17H,2,4,7-8H2,(H,16,18). The lowest BCUT2D eigenvalue weighted by atomic mass is 10.1. The van der Waals surface area contributed by atoms with E-state index in [1.54, 1.807) is 18.2 Å². The lowest BCUT2D eigenvalue weighted by Gasteiger charge is -2.12. The first kappa shape index (κ1) is 13.9. The van der Waals surface area contributed by atoms with Crippen LogP contribution in [0.3, 0.4) is 0 Å². The van der Waals surface area contributed by atoms with E-state index in [1.165, 1.54) is 0 Å². The number of carbonyl (C=O) groups is 1. The van der Waals surface area contributed by atoms with Gasteiger partial charge in [0.05, 0.1) is 5.69 Å². The minimum absolute atomic E-state index is 0.188. The van der Waals surface area contributed by atoms with Crippen molar-refractivity contribution in [1.29, 1.82) is 0 Å². The third-order valence-corrected chi connectivity index (χ3v) is 3.00. The molecule has 0 radical (unpaired) electrons. The van der Waals surface area contributed by atoms with E-state index in [9.17, 15) is 4.79 Å². The molecule has 1 fully saturated rings. The van der Waals surface area contributed by atoms with Crippen molar-refractivity contribution in [2.75, 3.05) is 18.5 Å². The van der Waals surface area contributed by atoms with Crippen LogP contribution in [0.5, 0.6) is 0 Å². The summed E-state index contributed by atoms with van der Waals surface area (Å²) in [6.07, 6.45) is 1.21. The molecule has 0 spiro atoms. The van der Waals surface area contributed by atoms with Gasteiger partial charge < -0.3 is 15.2 Å². The van der Waals surface area contributed by atoms with Crippen LogP contribution in [0.15, 0.2) is 18.2 Å². The Labute approximate surface area is 116 Å². The topological polar surface area (TPSA) is 58.6 Å². The number of nitrogens with one attached hydrogen (secondary N) is 1. The van der Waals surface area contributed by atoms with Crippen LogP contribution in [0.1, 0.15) is 18.4 Å². The molecule has 19 heavy (non-hydrogen) atoms. The summed E-state index contributed by atoms with van der Waals surface area (Å²) in [5.74, 6) is 5.13. The number of aliphatic hydroxyl groups is 1. The number of amides is 1. The van der Waals surface area contributed by atoms with E-state index in [2.05, 4.69) is 17.2 Å². The SMILES string of the molecule is O=C(Nc1cc(Cl)ccc1C#CCO)C1CCCO1. The summed E-state index contributed by atoms with van der Waals surface area (Å²) in [5, 5.41) is 12.0. The fourth-order valence-corrected chi connectivity index (χ4v) is 2.03. The van der Waals surface area contributed by atoms with Crippen molar-refractivity contribution in [3.8, 4) is 11.8 Å². The number of anilines is 1. The Bertz CT molecular complexity index is 527. The molecule has 2 rings (SSSR count). The molecule has 0 bridgehead atoms. The molecule has 1 aromatic rings. The van der Waals surface area contributed by atoms with Gasteiger partial charge in [0.25, 0.3) is 5.91 Å². The molecular weight excluding hydrogens is 266 g/mol. The smallest absolute Gasteiger partial charge is 0.253 e. The Morgan fingerprint density at radius 1 is 1.58 bits per heavy atom. The lowest BCUT2D eigenvalue weighted by molar-refractivity contribution is -0.124. The first-order chi connectivity index (χ1) is 9.20. The van der Waals surface area contributed by atoms with Gasteiger partial charge in [-0.25, -0.2) is 0 Å². The van der Waals surface area contributed by atoms with Gasteiger partial charge in [-0.1, -0.05) is 23.4 Å². The van der Waals surface area contributed by atoms with Gasteiger partial charge in [-0.05, 0) is 31.0 Å². The van der Waals surface area contributed by atoms with Gasteiger partial charge in [0.1, 0.15) is 12.7 Å². The molecule has 0 aliphatic carbocycles. The maximum absolute atomic E-state index is 12.0. The van der Waals surface area contributed by atoms with Crippen LogP contribution in [0.25, 0.3) is 0 Å². The minimum Gasteiger partial charge on any atom is -0.384 e. The average Bonchev–Trinajstić information content (AvgIpc) is 2.92. The van der Waals surface area contributed by atoms with E-state index in [1.807, 2.05) is 0 Å². The lowest BCUT2D eigenvalue weighted by Crippen LogP contribution is -2.27. The van der Waals surface area contributed by atoms with Crippen molar-refractivity contribution < 1.29 is 14.6 Å². The summed E-state index contributed by atoms with van der Waals surface area (Å²) in [6.45, 7) is 0.382. The fraction of sp³-hybridized carbons (Fsp3) is 0.357. The number of ether oxygens (including phenoxy) is 1. The van der Waals surface area contributed by atoms with Crippen LogP contribution in [0, 0.1) is 11.8 Å². The van der Waals surface area contributed by atoms with Crippen molar-refractivity contribution in [3.63, 3.8) is 0 Å².